The predicted molar refractivity (Wildman–Crippen MR) is 67.7 cm³/mol. The number of hydrogen-bond acceptors (Lipinski definition) is 6. The van der Waals surface area contributed by atoms with Crippen molar-refractivity contribution in [3.63, 3.8) is 0 Å². The molecule has 0 fully saturated rings. The maximum atomic E-state index is 12.3. The first kappa shape index (κ1) is 16.5. The van der Waals surface area contributed by atoms with Crippen molar-refractivity contribution in [2.75, 3.05) is 0 Å². The topological polar surface area (TPSA) is 135 Å². The Kier molecular flexibility index (Phi) is 5.34. The van der Waals surface area contributed by atoms with E-state index in [-0.39, 0.29) is 31.4 Å². The van der Waals surface area contributed by atoms with E-state index in [4.69, 9.17) is 9.52 Å². The molecule has 0 spiro atoms. The lowest BCUT2D eigenvalue weighted by atomic mass is 9.74. The number of rotatable bonds is 9. The molecule has 8 heteroatoms. The van der Waals surface area contributed by atoms with E-state index in [1.54, 1.807) is 0 Å². The van der Waals surface area contributed by atoms with E-state index in [1.165, 1.54) is 0 Å². The number of carbonyl (C=O) groups excluding carboxylic acids is 2. The number of hydrogen-bond donors (Lipinski definition) is 2. The second-order valence-corrected chi connectivity index (χ2v) is 4.56. The monoisotopic (exact) mass is 297 g/mol. The van der Waals surface area contributed by atoms with E-state index < -0.39 is 28.9 Å². The van der Waals surface area contributed by atoms with Gasteiger partial charge in [-0.25, -0.2) is 4.98 Å². The summed E-state index contributed by atoms with van der Waals surface area (Å²) in [5.74, 6) is -4.72. The first-order valence-corrected chi connectivity index (χ1v) is 6.22. The fourth-order valence-electron chi connectivity index (χ4n) is 2.01. The summed E-state index contributed by atoms with van der Waals surface area (Å²) in [7, 11) is 0. The standard InChI is InChI=1S/C13H15NO7/c1-8(15)13(12(19)20,5-3-2-4-10(16)17)11(18)9-6-14-7-21-9/h6-7H,2-5H2,1H3,(H,16,17)(H,19,20). The first-order valence-electron chi connectivity index (χ1n) is 6.22. The third-order valence-electron chi connectivity index (χ3n) is 3.20. The van der Waals surface area contributed by atoms with E-state index in [1.807, 2.05) is 0 Å². The molecule has 1 aromatic rings. The number of carbonyl (C=O) groups is 4. The minimum absolute atomic E-state index is 0.109. The van der Waals surface area contributed by atoms with E-state index in [9.17, 15) is 24.3 Å². The Balaban J connectivity index is 3.00. The molecule has 0 aliphatic carbocycles. The van der Waals surface area contributed by atoms with Crippen molar-refractivity contribution in [2.45, 2.75) is 32.6 Å². The van der Waals surface area contributed by atoms with Crippen LogP contribution < -0.4 is 0 Å². The van der Waals surface area contributed by atoms with Gasteiger partial charge in [0.25, 0.3) is 0 Å². The predicted octanol–water partition coefficient (Wildman–Crippen LogP) is 1.16. The third kappa shape index (κ3) is 3.53. The Labute approximate surface area is 119 Å². The fraction of sp³-hybridized carbons (Fsp3) is 0.462. The Hall–Kier alpha value is -2.51. The normalized spacial score (nSPS) is 13.4. The van der Waals surface area contributed by atoms with Crippen molar-refractivity contribution in [3.05, 3.63) is 18.4 Å². The summed E-state index contributed by atoms with van der Waals surface area (Å²) in [4.78, 5) is 49.6. The van der Waals surface area contributed by atoms with Gasteiger partial charge in [0.1, 0.15) is 0 Å². The number of carboxylic acids is 2. The third-order valence-corrected chi connectivity index (χ3v) is 3.20. The minimum atomic E-state index is -2.27. The molecular formula is C13H15NO7. The molecule has 0 aliphatic rings. The van der Waals surface area contributed by atoms with Crippen molar-refractivity contribution in [3.8, 4) is 0 Å². The molecule has 21 heavy (non-hydrogen) atoms. The smallest absolute Gasteiger partial charge is 0.325 e. The number of aromatic nitrogens is 1. The summed E-state index contributed by atoms with van der Waals surface area (Å²) >= 11 is 0. The summed E-state index contributed by atoms with van der Waals surface area (Å²) in [5.41, 5.74) is -2.27. The molecule has 2 N–H and O–H groups in total. The van der Waals surface area contributed by atoms with Crippen LogP contribution in [-0.2, 0) is 14.4 Å². The zero-order chi connectivity index (χ0) is 16.0. The van der Waals surface area contributed by atoms with Gasteiger partial charge < -0.3 is 14.6 Å². The highest BCUT2D eigenvalue weighted by Crippen LogP contribution is 2.31. The molecule has 0 aliphatic heterocycles. The maximum Gasteiger partial charge on any atom is 0.325 e. The van der Waals surface area contributed by atoms with Crippen LogP contribution >= 0.6 is 0 Å². The van der Waals surface area contributed by atoms with Crippen molar-refractivity contribution in [1.29, 1.82) is 0 Å². The van der Waals surface area contributed by atoms with Gasteiger partial charge in [0.05, 0.1) is 6.20 Å². The van der Waals surface area contributed by atoms with Gasteiger partial charge in [-0.15, -0.1) is 0 Å². The molecule has 0 amide bonds. The van der Waals surface area contributed by atoms with Crippen LogP contribution in [0.4, 0.5) is 0 Å². The molecule has 8 nitrogen and oxygen atoms in total. The Morgan fingerprint density at radius 1 is 1.24 bits per heavy atom. The Morgan fingerprint density at radius 2 is 1.90 bits per heavy atom. The molecule has 1 heterocycles. The lowest BCUT2D eigenvalue weighted by molar-refractivity contribution is -0.151. The summed E-state index contributed by atoms with van der Waals surface area (Å²) < 4.78 is 4.78. The van der Waals surface area contributed by atoms with Gasteiger partial charge in [0.2, 0.25) is 5.78 Å². The molecule has 1 rings (SSSR count). The molecular weight excluding hydrogens is 282 g/mol. The Morgan fingerprint density at radius 3 is 2.33 bits per heavy atom. The van der Waals surface area contributed by atoms with Gasteiger partial charge in [-0.2, -0.15) is 0 Å². The van der Waals surface area contributed by atoms with Crippen LogP contribution in [0, 0.1) is 5.41 Å². The number of carboxylic acid groups (broad SMARTS) is 2. The highest BCUT2D eigenvalue weighted by Gasteiger charge is 2.51. The molecule has 0 radical (unpaired) electrons. The lowest BCUT2D eigenvalue weighted by Gasteiger charge is -2.23. The van der Waals surface area contributed by atoms with Crippen LogP contribution in [0.3, 0.4) is 0 Å². The summed E-state index contributed by atoms with van der Waals surface area (Å²) in [6.45, 7) is 1.01. The van der Waals surface area contributed by atoms with Crippen LogP contribution in [0.5, 0.6) is 0 Å². The lowest BCUT2D eigenvalue weighted by Crippen LogP contribution is -2.45. The molecule has 1 unspecified atom stereocenters. The van der Waals surface area contributed by atoms with Crippen LogP contribution in [0.25, 0.3) is 0 Å². The summed E-state index contributed by atoms with van der Waals surface area (Å²) in [5, 5.41) is 17.9. The number of unbranched alkanes of at least 4 members (excludes halogenated alkanes) is 1. The van der Waals surface area contributed by atoms with E-state index >= 15 is 0 Å². The molecule has 114 valence electrons. The second kappa shape index (κ2) is 6.78. The molecule has 1 atom stereocenters. The van der Waals surface area contributed by atoms with Crippen LogP contribution in [0.2, 0.25) is 0 Å². The van der Waals surface area contributed by atoms with E-state index in [0.717, 1.165) is 19.5 Å². The summed E-state index contributed by atoms with van der Waals surface area (Å²) in [6, 6.07) is 0. The fourth-order valence-corrected chi connectivity index (χ4v) is 2.01. The molecule has 0 bridgehead atoms. The molecule has 0 aromatic carbocycles. The number of aliphatic carboxylic acids is 2. The van der Waals surface area contributed by atoms with Crippen LogP contribution in [-0.4, -0.2) is 38.7 Å². The highest BCUT2D eigenvalue weighted by atomic mass is 16.4. The molecule has 1 aromatic heterocycles. The zero-order valence-electron chi connectivity index (χ0n) is 11.4. The molecule has 0 saturated carbocycles. The number of Topliss-reactive ketones (excluding diaryl/α,β-unsaturated/α-hetero) is 2. The van der Waals surface area contributed by atoms with Crippen molar-refractivity contribution < 1.29 is 33.8 Å². The van der Waals surface area contributed by atoms with Gasteiger partial charge in [-0.05, 0) is 19.8 Å². The van der Waals surface area contributed by atoms with Crippen molar-refractivity contribution >= 4 is 23.5 Å². The number of oxazole rings is 1. The van der Waals surface area contributed by atoms with Gasteiger partial charge >= 0.3 is 11.9 Å². The van der Waals surface area contributed by atoms with Crippen molar-refractivity contribution in [1.82, 2.24) is 4.98 Å². The van der Waals surface area contributed by atoms with Crippen molar-refractivity contribution in [2.24, 2.45) is 5.41 Å². The van der Waals surface area contributed by atoms with Gasteiger partial charge in [-0.3, -0.25) is 19.2 Å². The summed E-state index contributed by atoms with van der Waals surface area (Å²) in [6.07, 6.45) is 1.83. The second-order valence-electron chi connectivity index (χ2n) is 4.56. The average molecular weight is 297 g/mol. The first-order chi connectivity index (χ1) is 9.82. The van der Waals surface area contributed by atoms with Gasteiger partial charge in [0, 0.05) is 6.42 Å². The number of ketones is 2. The Bertz CT molecular complexity index is 533. The average Bonchev–Trinajstić information content (AvgIpc) is 2.90. The molecule has 0 saturated heterocycles. The van der Waals surface area contributed by atoms with Gasteiger partial charge in [-0.1, -0.05) is 6.42 Å². The number of nitrogens with zero attached hydrogens (tertiary/aromatic N) is 1. The maximum absolute atomic E-state index is 12.3. The largest absolute Gasteiger partial charge is 0.481 e. The van der Waals surface area contributed by atoms with E-state index in [2.05, 4.69) is 4.98 Å². The quantitative estimate of drug-likeness (QED) is 0.394. The van der Waals surface area contributed by atoms with Crippen LogP contribution in [0.15, 0.2) is 17.0 Å². The van der Waals surface area contributed by atoms with E-state index in [0.29, 0.717) is 0 Å². The SMILES string of the molecule is CC(=O)C(CCCCC(=O)O)(C(=O)O)C(=O)c1cnco1. The van der Waals surface area contributed by atoms with Gasteiger partial charge in [0.15, 0.2) is 23.4 Å². The van der Waals surface area contributed by atoms with Crippen LogP contribution in [0.1, 0.15) is 43.2 Å². The zero-order valence-corrected chi connectivity index (χ0v) is 11.4. The minimum Gasteiger partial charge on any atom is -0.481 e. The highest BCUT2D eigenvalue weighted by molar-refractivity contribution is 6.25.